The molecule has 0 aromatic heterocycles. The van der Waals surface area contributed by atoms with Crippen LogP contribution < -0.4 is 16.4 Å². The molecule has 2 amide bonds. The summed E-state index contributed by atoms with van der Waals surface area (Å²) in [6.45, 7) is 1.73. The summed E-state index contributed by atoms with van der Waals surface area (Å²) >= 11 is 0. The molecule has 0 saturated heterocycles. The van der Waals surface area contributed by atoms with Gasteiger partial charge in [-0.2, -0.15) is 0 Å². The van der Waals surface area contributed by atoms with Gasteiger partial charge in [0.2, 0.25) is 0 Å². The van der Waals surface area contributed by atoms with Crippen LogP contribution in [0.5, 0.6) is 0 Å². The smallest absolute Gasteiger partial charge is 0.319 e. The SMILES string of the molecule is CN(C)CCCCNC(=O)Nc1ccc(N)cc1. The normalized spacial score (nSPS) is 10.4. The van der Waals surface area contributed by atoms with Crippen LogP contribution in [0.2, 0.25) is 0 Å². The first-order valence-corrected chi connectivity index (χ1v) is 6.13. The number of rotatable bonds is 6. The lowest BCUT2D eigenvalue weighted by Crippen LogP contribution is -2.29. The minimum atomic E-state index is -0.176. The summed E-state index contributed by atoms with van der Waals surface area (Å²) in [7, 11) is 4.09. The van der Waals surface area contributed by atoms with Gasteiger partial charge in [0.25, 0.3) is 0 Å². The number of carbonyl (C=O) groups is 1. The number of hydrogen-bond acceptors (Lipinski definition) is 3. The number of benzene rings is 1. The minimum Gasteiger partial charge on any atom is -0.399 e. The standard InChI is InChI=1S/C13H22N4O/c1-17(2)10-4-3-9-15-13(18)16-12-7-5-11(14)6-8-12/h5-8H,3-4,9-10,14H2,1-2H3,(H2,15,16,18). The molecule has 1 aromatic rings. The lowest BCUT2D eigenvalue weighted by Gasteiger charge is -2.10. The fourth-order valence-corrected chi connectivity index (χ4v) is 1.50. The summed E-state index contributed by atoms with van der Waals surface area (Å²) in [6, 6.07) is 6.89. The molecule has 0 saturated carbocycles. The molecule has 4 N–H and O–H groups in total. The number of urea groups is 1. The van der Waals surface area contributed by atoms with Crippen molar-refractivity contribution in [1.29, 1.82) is 0 Å². The van der Waals surface area contributed by atoms with Gasteiger partial charge in [-0.25, -0.2) is 4.79 Å². The zero-order valence-electron chi connectivity index (χ0n) is 11.1. The fraction of sp³-hybridized carbons (Fsp3) is 0.462. The van der Waals surface area contributed by atoms with Crippen LogP contribution in [0.3, 0.4) is 0 Å². The summed E-state index contributed by atoms with van der Waals surface area (Å²) in [4.78, 5) is 13.7. The minimum absolute atomic E-state index is 0.176. The first-order chi connectivity index (χ1) is 8.58. The average molecular weight is 250 g/mol. The topological polar surface area (TPSA) is 70.4 Å². The maximum Gasteiger partial charge on any atom is 0.319 e. The first-order valence-electron chi connectivity index (χ1n) is 6.13. The highest BCUT2D eigenvalue weighted by molar-refractivity contribution is 5.89. The number of hydrogen-bond donors (Lipinski definition) is 3. The predicted octanol–water partition coefficient (Wildman–Crippen LogP) is 1.73. The zero-order chi connectivity index (χ0) is 13.4. The third kappa shape index (κ3) is 6.10. The molecule has 0 spiro atoms. The molecule has 18 heavy (non-hydrogen) atoms. The Balaban J connectivity index is 2.16. The van der Waals surface area contributed by atoms with Gasteiger partial charge in [-0.3, -0.25) is 0 Å². The number of amides is 2. The summed E-state index contributed by atoms with van der Waals surface area (Å²) in [5.74, 6) is 0. The Hall–Kier alpha value is -1.75. The molecule has 0 heterocycles. The molecule has 0 unspecified atom stereocenters. The van der Waals surface area contributed by atoms with Crippen molar-refractivity contribution in [3.05, 3.63) is 24.3 Å². The van der Waals surface area contributed by atoms with Gasteiger partial charge in [-0.15, -0.1) is 0 Å². The molecule has 1 aromatic carbocycles. The molecule has 0 atom stereocenters. The van der Waals surface area contributed by atoms with Gasteiger partial charge in [-0.05, 0) is 57.7 Å². The molecule has 0 aliphatic rings. The fourth-order valence-electron chi connectivity index (χ4n) is 1.50. The van der Waals surface area contributed by atoms with E-state index in [1.54, 1.807) is 24.3 Å². The summed E-state index contributed by atoms with van der Waals surface area (Å²) in [5.41, 5.74) is 6.99. The summed E-state index contributed by atoms with van der Waals surface area (Å²) in [5, 5.41) is 5.57. The maximum absolute atomic E-state index is 11.5. The van der Waals surface area contributed by atoms with Crippen molar-refractivity contribution >= 4 is 17.4 Å². The molecule has 0 radical (unpaired) electrons. The van der Waals surface area contributed by atoms with Crippen molar-refractivity contribution in [2.24, 2.45) is 0 Å². The lowest BCUT2D eigenvalue weighted by atomic mass is 10.3. The van der Waals surface area contributed by atoms with Crippen LogP contribution in [0.15, 0.2) is 24.3 Å². The Morgan fingerprint density at radius 1 is 1.22 bits per heavy atom. The van der Waals surface area contributed by atoms with Gasteiger partial charge in [0.05, 0.1) is 0 Å². The zero-order valence-corrected chi connectivity index (χ0v) is 11.1. The van der Waals surface area contributed by atoms with Gasteiger partial charge < -0.3 is 21.3 Å². The van der Waals surface area contributed by atoms with E-state index in [1.165, 1.54) is 0 Å². The van der Waals surface area contributed by atoms with Crippen LogP contribution in [0.4, 0.5) is 16.2 Å². The lowest BCUT2D eigenvalue weighted by molar-refractivity contribution is 0.251. The van der Waals surface area contributed by atoms with E-state index in [0.717, 1.165) is 25.1 Å². The van der Waals surface area contributed by atoms with Crippen LogP contribution in [-0.4, -0.2) is 38.1 Å². The molecular weight excluding hydrogens is 228 g/mol. The quantitative estimate of drug-likeness (QED) is 0.532. The highest BCUT2D eigenvalue weighted by Gasteiger charge is 2.00. The van der Waals surface area contributed by atoms with Crippen molar-refractivity contribution in [2.45, 2.75) is 12.8 Å². The highest BCUT2D eigenvalue weighted by Crippen LogP contribution is 2.09. The van der Waals surface area contributed by atoms with Crippen molar-refractivity contribution in [1.82, 2.24) is 10.2 Å². The van der Waals surface area contributed by atoms with Crippen LogP contribution in [-0.2, 0) is 0 Å². The second kappa shape index (κ2) is 7.55. The Bertz CT molecular complexity index is 362. The van der Waals surface area contributed by atoms with Crippen molar-refractivity contribution < 1.29 is 4.79 Å². The number of nitrogens with two attached hydrogens (primary N) is 1. The average Bonchev–Trinajstić information content (AvgIpc) is 2.31. The number of nitrogens with zero attached hydrogens (tertiary/aromatic N) is 1. The van der Waals surface area contributed by atoms with E-state index in [2.05, 4.69) is 15.5 Å². The Kier molecular flexibility index (Phi) is 6.00. The van der Waals surface area contributed by atoms with E-state index >= 15 is 0 Å². The number of nitrogen functional groups attached to an aromatic ring is 1. The van der Waals surface area contributed by atoms with Crippen molar-refractivity contribution in [3.63, 3.8) is 0 Å². The highest BCUT2D eigenvalue weighted by atomic mass is 16.2. The van der Waals surface area contributed by atoms with Gasteiger partial charge >= 0.3 is 6.03 Å². The molecular formula is C13H22N4O. The van der Waals surface area contributed by atoms with Gasteiger partial charge in [0.15, 0.2) is 0 Å². The number of unbranched alkanes of at least 4 members (excludes halogenated alkanes) is 1. The van der Waals surface area contributed by atoms with E-state index in [1.807, 2.05) is 14.1 Å². The van der Waals surface area contributed by atoms with E-state index in [9.17, 15) is 4.79 Å². The van der Waals surface area contributed by atoms with E-state index < -0.39 is 0 Å². The number of anilines is 2. The summed E-state index contributed by atoms with van der Waals surface area (Å²) in [6.07, 6.45) is 2.06. The monoisotopic (exact) mass is 250 g/mol. The molecule has 5 nitrogen and oxygen atoms in total. The van der Waals surface area contributed by atoms with Crippen molar-refractivity contribution in [3.8, 4) is 0 Å². The third-order valence-electron chi connectivity index (χ3n) is 2.49. The Morgan fingerprint density at radius 2 is 1.89 bits per heavy atom. The molecule has 0 bridgehead atoms. The molecule has 1 rings (SSSR count). The number of nitrogens with one attached hydrogen (secondary N) is 2. The molecule has 100 valence electrons. The predicted molar refractivity (Wildman–Crippen MR) is 75.7 cm³/mol. The van der Waals surface area contributed by atoms with Crippen LogP contribution >= 0.6 is 0 Å². The number of carbonyl (C=O) groups excluding carboxylic acids is 1. The first kappa shape index (κ1) is 14.3. The van der Waals surface area contributed by atoms with E-state index in [-0.39, 0.29) is 6.03 Å². The van der Waals surface area contributed by atoms with Crippen molar-refractivity contribution in [2.75, 3.05) is 38.2 Å². The van der Waals surface area contributed by atoms with E-state index in [0.29, 0.717) is 12.2 Å². The molecule has 5 heteroatoms. The summed E-state index contributed by atoms with van der Waals surface area (Å²) < 4.78 is 0. The second-order valence-electron chi connectivity index (χ2n) is 4.51. The molecule has 0 fully saturated rings. The molecule has 0 aliphatic carbocycles. The van der Waals surface area contributed by atoms with Crippen LogP contribution in [0.25, 0.3) is 0 Å². The van der Waals surface area contributed by atoms with Crippen LogP contribution in [0, 0.1) is 0 Å². The van der Waals surface area contributed by atoms with Gasteiger partial charge in [0, 0.05) is 17.9 Å². The maximum atomic E-state index is 11.5. The largest absolute Gasteiger partial charge is 0.399 e. The Morgan fingerprint density at radius 3 is 2.50 bits per heavy atom. The van der Waals surface area contributed by atoms with Gasteiger partial charge in [-0.1, -0.05) is 0 Å². The third-order valence-corrected chi connectivity index (χ3v) is 2.49. The second-order valence-corrected chi connectivity index (χ2v) is 4.51. The molecule has 0 aliphatic heterocycles. The van der Waals surface area contributed by atoms with Gasteiger partial charge in [0.1, 0.15) is 0 Å². The Labute approximate surface area is 108 Å². The van der Waals surface area contributed by atoms with E-state index in [4.69, 9.17) is 5.73 Å². The van der Waals surface area contributed by atoms with Crippen LogP contribution in [0.1, 0.15) is 12.8 Å².